The lowest BCUT2D eigenvalue weighted by Crippen LogP contribution is -2.14. The van der Waals surface area contributed by atoms with E-state index in [-0.39, 0.29) is 11.3 Å². The molecule has 1 aromatic carbocycles. The summed E-state index contributed by atoms with van der Waals surface area (Å²) in [5.74, 6) is -2.48. The van der Waals surface area contributed by atoms with Crippen LogP contribution in [0.1, 0.15) is 28.5 Å². The molecular weight excluding hydrogens is 240 g/mol. The molecule has 0 unspecified atom stereocenters. The lowest BCUT2D eigenvalue weighted by atomic mass is 10.0. The molecule has 4 nitrogen and oxygen atoms in total. The minimum Gasteiger partial charge on any atom is -0.287 e. The number of carbonyl (C=O) groups is 1. The van der Waals surface area contributed by atoms with Crippen LogP contribution in [0, 0.1) is 18.6 Å². The second-order valence-electron chi connectivity index (χ2n) is 3.82. The molecule has 0 aliphatic rings. The number of nitrogens with zero attached hydrogens (tertiary/aromatic N) is 3. The van der Waals surface area contributed by atoms with Crippen LogP contribution in [0.4, 0.5) is 8.78 Å². The van der Waals surface area contributed by atoms with Crippen LogP contribution in [-0.4, -0.2) is 20.8 Å². The summed E-state index contributed by atoms with van der Waals surface area (Å²) in [7, 11) is 0. The lowest BCUT2D eigenvalue weighted by Gasteiger charge is -2.06. The molecule has 0 fully saturated rings. The van der Waals surface area contributed by atoms with Crippen molar-refractivity contribution in [3.8, 4) is 0 Å². The van der Waals surface area contributed by atoms with E-state index < -0.39 is 23.0 Å². The molecule has 18 heavy (non-hydrogen) atoms. The topological polar surface area (TPSA) is 47.8 Å². The monoisotopic (exact) mass is 251 g/mol. The minimum absolute atomic E-state index is 0.0703. The smallest absolute Gasteiger partial charge is 0.218 e. The molecule has 0 aliphatic heterocycles. The Morgan fingerprint density at radius 2 is 2.11 bits per heavy atom. The fourth-order valence-electron chi connectivity index (χ4n) is 1.66. The van der Waals surface area contributed by atoms with Crippen LogP contribution in [0.3, 0.4) is 0 Å². The van der Waals surface area contributed by atoms with E-state index in [0.717, 1.165) is 6.07 Å². The molecule has 0 N–H and O–H groups in total. The molecule has 0 saturated heterocycles. The highest BCUT2D eigenvalue weighted by atomic mass is 19.1. The van der Waals surface area contributed by atoms with Crippen molar-refractivity contribution in [2.24, 2.45) is 0 Å². The molecule has 0 atom stereocenters. The van der Waals surface area contributed by atoms with E-state index in [1.807, 2.05) is 0 Å². The molecule has 0 amide bonds. The van der Waals surface area contributed by atoms with Crippen LogP contribution in [0.5, 0.6) is 0 Å². The van der Waals surface area contributed by atoms with Gasteiger partial charge in [0.1, 0.15) is 17.3 Å². The number of benzene rings is 1. The van der Waals surface area contributed by atoms with Gasteiger partial charge in [0.2, 0.25) is 5.78 Å². The van der Waals surface area contributed by atoms with E-state index >= 15 is 0 Å². The van der Waals surface area contributed by atoms with E-state index in [1.165, 1.54) is 23.9 Å². The largest absolute Gasteiger partial charge is 0.287 e. The van der Waals surface area contributed by atoms with Crippen molar-refractivity contribution < 1.29 is 13.6 Å². The third-order valence-electron chi connectivity index (χ3n) is 2.66. The zero-order chi connectivity index (χ0) is 13.3. The van der Waals surface area contributed by atoms with Crippen molar-refractivity contribution >= 4 is 5.78 Å². The first-order valence-corrected chi connectivity index (χ1v) is 5.44. The minimum atomic E-state index is -0.882. The number of aromatic nitrogens is 3. The van der Waals surface area contributed by atoms with Gasteiger partial charge in [-0.25, -0.2) is 13.5 Å². The van der Waals surface area contributed by atoms with Gasteiger partial charge in [0.05, 0.1) is 11.8 Å². The molecule has 1 aromatic heterocycles. The quantitative estimate of drug-likeness (QED) is 0.785. The van der Waals surface area contributed by atoms with Gasteiger partial charge in [0, 0.05) is 6.54 Å². The van der Waals surface area contributed by atoms with Crippen molar-refractivity contribution in [1.82, 2.24) is 15.0 Å². The molecule has 0 radical (unpaired) electrons. The Hall–Kier alpha value is -2.11. The fourth-order valence-corrected chi connectivity index (χ4v) is 1.66. The number of hydrogen-bond acceptors (Lipinski definition) is 3. The summed E-state index contributed by atoms with van der Waals surface area (Å²) in [6.45, 7) is 3.63. The molecule has 2 rings (SSSR count). The van der Waals surface area contributed by atoms with Crippen LogP contribution in [0.2, 0.25) is 0 Å². The van der Waals surface area contributed by atoms with Gasteiger partial charge in [-0.3, -0.25) is 4.79 Å². The third-order valence-corrected chi connectivity index (χ3v) is 2.66. The summed E-state index contributed by atoms with van der Waals surface area (Å²) >= 11 is 0. The maximum absolute atomic E-state index is 13.8. The summed E-state index contributed by atoms with van der Waals surface area (Å²) < 4.78 is 28.7. The average molecular weight is 251 g/mol. The molecular formula is C12H11F2N3O. The van der Waals surface area contributed by atoms with Gasteiger partial charge >= 0.3 is 0 Å². The Bertz CT molecular complexity index is 607. The van der Waals surface area contributed by atoms with Crippen LogP contribution < -0.4 is 0 Å². The Morgan fingerprint density at radius 1 is 1.39 bits per heavy atom. The number of hydrogen-bond donors (Lipinski definition) is 0. The zero-order valence-electron chi connectivity index (χ0n) is 9.94. The maximum Gasteiger partial charge on any atom is 0.218 e. The van der Waals surface area contributed by atoms with Crippen molar-refractivity contribution in [2.45, 2.75) is 20.4 Å². The first-order chi connectivity index (χ1) is 8.56. The molecule has 0 bridgehead atoms. The van der Waals surface area contributed by atoms with Crippen molar-refractivity contribution in [3.63, 3.8) is 0 Å². The van der Waals surface area contributed by atoms with Crippen molar-refractivity contribution in [2.75, 3.05) is 0 Å². The van der Waals surface area contributed by atoms with Gasteiger partial charge in [0.25, 0.3) is 0 Å². The van der Waals surface area contributed by atoms with Gasteiger partial charge in [-0.15, -0.1) is 5.10 Å². The molecule has 1 heterocycles. The highest BCUT2D eigenvalue weighted by molar-refractivity contribution is 6.08. The molecule has 94 valence electrons. The normalized spacial score (nSPS) is 10.7. The van der Waals surface area contributed by atoms with Gasteiger partial charge in [0.15, 0.2) is 0 Å². The lowest BCUT2D eigenvalue weighted by molar-refractivity contribution is 0.102. The predicted octanol–water partition coefficient (Wildman–Crippen LogP) is 2.12. The second-order valence-corrected chi connectivity index (χ2v) is 3.82. The third kappa shape index (κ3) is 1.90. The van der Waals surface area contributed by atoms with E-state index in [1.54, 1.807) is 6.92 Å². The summed E-state index contributed by atoms with van der Waals surface area (Å²) in [6.07, 6.45) is 1.20. The SMILES string of the molecule is CCn1nncc1C(=O)c1c(F)ccc(C)c1F. The first kappa shape index (κ1) is 12.3. The molecule has 2 aromatic rings. The Balaban J connectivity index is 2.56. The summed E-state index contributed by atoms with van der Waals surface area (Å²) in [6, 6.07) is 2.36. The highest BCUT2D eigenvalue weighted by Gasteiger charge is 2.23. The number of halogens is 2. The number of ketones is 1. The Labute approximate surface area is 102 Å². The van der Waals surface area contributed by atoms with Crippen LogP contribution >= 0.6 is 0 Å². The molecule has 0 spiro atoms. The summed E-state index contributed by atoms with van der Waals surface area (Å²) in [4.78, 5) is 12.1. The fraction of sp³-hybridized carbons (Fsp3) is 0.250. The summed E-state index contributed by atoms with van der Waals surface area (Å²) in [5.41, 5.74) is -0.275. The summed E-state index contributed by atoms with van der Waals surface area (Å²) in [5, 5.41) is 7.23. The number of rotatable bonds is 3. The van der Waals surface area contributed by atoms with E-state index in [9.17, 15) is 13.6 Å². The molecule has 0 aliphatic carbocycles. The predicted molar refractivity (Wildman–Crippen MR) is 60.2 cm³/mol. The van der Waals surface area contributed by atoms with Crippen LogP contribution in [-0.2, 0) is 6.54 Å². The van der Waals surface area contributed by atoms with E-state index in [2.05, 4.69) is 10.3 Å². The Morgan fingerprint density at radius 3 is 2.78 bits per heavy atom. The maximum atomic E-state index is 13.8. The molecule has 6 heteroatoms. The van der Waals surface area contributed by atoms with E-state index in [4.69, 9.17) is 0 Å². The van der Waals surface area contributed by atoms with Gasteiger partial charge in [-0.1, -0.05) is 11.3 Å². The van der Waals surface area contributed by atoms with Crippen molar-refractivity contribution in [1.29, 1.82) is 0 Å². The first-order valence-electron chi connectivity index (χ1n) is 5.44. The van der Waals surface area contributed by atoms with Gasteiger partial charge in [-0.2, -0.15) is 0 Å². The average Bonchev–Trinajstić information content (AvgIpc) is 2.82. The number of aryl methyl sites for hydroxylation is 2. The highest BCUT2D eigenvalue weighted by Crippen LogP contribution is 2.19. The van der Waals surface area contributed by atoms with E-state index in [0.29, 0.717) is 6.54 Å². The van der Waals surface area contributed by atoms with Crippen LogP contribution in [0.25, 0.3) is 0 Å². The van der Waals surface area contributed by atoms with Gasteiger partial charge in [-0.05, 0) is 25.5 Å². The number of carbonyl (C=O) groups excluding carboxylic acids is 1. The van der Waals surface area contributed by atoms with Gasteiger partial charge < -0.3 is 0 Å². The van der Waals surface area contributed by atoms with Crippen molar-refractivity contribution in [3.05, 3.63) is 46.8 Å². The van der Waals surface area contributed by atoms with Crippen LogP contribution in [0.15, 0.2) is 18.3 Å². The Kier molecular flexibility index (Phi) is 3.18. The molecule has 0 saturated carbocycles. The second kappa shape index (κ2) is 4.64. The standard InChI is InChI=1S/C12H11F2N3O/c1-3-17-9(6-15-16-17)12(18)10-8(13)5-4-7(2)11(10)14/h4-6H,3H2,1-2H3. The zero-order valence-corrected chi connectivity index (χ0v) is 9.94.